The SMILES string of the molecule is C#Cc1cncc(N2CCCCC2)c1. The van der Waals surface area contributed by atoms with Crippen LogP contribution in [0.15, 0.2) is 18.5 Å². The van der Waals surface area contributed by atoms with Crippen molar-refractivity contribution in [2.45, 2.75) is 19.3 Å². The number of aromatic nitrogens is 1. The van der Waals surface area contributed by atoms with Crippen molar-refractivity contribution < 1.29 is 0 Å². The summed E-state index contributed by atoms with van der Waals surface area (Å²) in [6.07, 6.45) is 12.9. The zero-order chi connectivity index (χ0) is 9.80. The molecule has 72 valence electrons. The Morgan fingerprint density at radius 3 is 2.71 bits per heavy atom. The van der Waals surface area contributed by atoms with Crippen LogP contribution in [-0.4, -0.2) is 18.1 Å². The van der Waals surface area contributed by atoms with Gasteiger partial charge in [-0.1, -0.05) is 5.92 Å². The average Bonchev–Trinajstić information content (AvgIpc) is 2.30. The number of nitrogens with zero attached hydrogens (tertiary/aromatic N) is 2. The molecule has 0 atom stereocenters. The fourth-order valence-corrected chi connectivity index (χ4v) is 1.83. The van der Waals surface area contributed by atoms with Gasteiger partial charge in [0.15, 0.2) is 0 Å². The average molecular weight is 186 g/mol. The summed E-state index contributed by atoms with van der Waals surface area (Å²) < 4.78 is 0. The van der Waals surface area contributed by atoms with Crippen LogP contribution in [0.5, 0.6) is 0 Å². The van der Waals surface area contributed by atoms with E-state index in [4.69, 9.17) is 6.42 Å². The van der Waals surface area contributed by atoms with Crippen molar-refractivity contribution in [2.24, 2.45) is 0 Å². The van der Waals surface area contributed by atoms with Gasteiger partial charge in [0.25, 0.3) is 0 Å². The lowest BCUT2D eigenvalue weighted by molar-refractivity contribution is 0.577. The van der Waals surface area contributed by atoms with Crippen LogP contribution in [0.25, 0.3) is 0 Å². The number of anilines is 1. The normalized spacial score (nSPS) is 16.4. The van der Waals surface area contributed by atoms with Gasteiger partial charge in [-0.05, 0) is 25.3 Å². The molecule has 1 aliphatic heterocycles. The molecule has 1 aliphatic rings. The van der Waals surface area contributed by atoms with E-state index in [0.29, 0.717) is 0 Å². The monoisotopic (exact) mass is 186 g/mol. The Labute approximate surface area is 85.0 Å². The molecule has 2 rings (SSSR count). The number of hydrogen-bond donors (Lipinski definition) is 0. The highest BCUT2D eigenvalue weighted by Gasteiger charge is 2.10. The molecular weight excluding hydrogens is 172 g/mol. The van der Waals surface area contributed by atoms with Crippen LogP contribution in [0.1, 0.15) is 24.8 Å². The molecule has 0 saturated carbocycles. The summed E-state index contributed by atoms with van der Waals surface area (Å²) in [5.74, 6) is 2.62. The molecule has 1 saturated heterocycles. The van der Waals surface area contributed by atoms with E-state index in [-0.39, 0.29) is 0 Å². The van der Waals surface area contributed by atoms with Crippen molar-refractivity contribution >= 4 is 5.69 Å². The molecule has 0 N–H and O–H groups in total. The molecule has 0 spiro atoms. The van der Waals surface area contributed by atoms with Crippen molar-refractivity contribution in [3.05, 3.63) is 24.0 Å². The molecule has 0 bridgehead atoms. The van der Waals surface area contributed by atoms with Gasteiger partial charge in [-0.25, -0.2) is 0 Å². The second kappa shape index (κ2) is 4.15. The van der Waals surface area contributed by atoms with Gasteiger partial charge in [-0.15, -0.1) is 6.42 Å². The maximum absolute atomic E-state index is 5.34. The molecule has 14 heavy (non-hydrogen) atoms. The zero-order valence-corrected chi connectivity index (χ0v) is 8.24. The van der Waals surface area contributed by atoms with Crippen LogP contribution in [0.2, 0.25) is 0 Å². The third-order valence-corrected chi connectivity index (χ3v) is 2.61. The second-order valence-corrected chi connectivity index (χ2v) is 3.62. The Kier molecular flexibility index (Phi) is 2.69. The van der Waals surface area contributed by atoms with Crippen molar-refractivity contribution in [1.82, 2.24) is 4.98 Å². The molecule has 2 nitrogen and oxygen atoms in total. The second-order valence-electron chi connectivity index (χ2n) is 3.62. The summed E-state index contributed by atoms with van der Waals surface area (Å²) in [5, 5.41) is 0. The highest BCUT2D eigenvalue weighted by molar-refractivity contribution is 5.49. The first-order chi connectivity index (χ1) is 6.90. The minimum absolute atomic E-state index is 0.869. The number of pyridine rings is 1. The molecular formula is C12H14N2. The van der Waals surface area contributed by atoms with Gasteiger partial charge in [0.1, 0.15) is 0 Å². The number of piperidine rings is 1. The third-order valence-electron chi connectivity index (χ3n) is 2.61. The Hall–Kier alpha value is -1.49. The quantitative estimate of drug-likeness (QED) is 0.624. The van der Waals surface area contributed by atoms with Crippen molar-refractivity contribution in [2.75, 3.05) is 18.0 Å². The fraction of sp³-hybridized carbons (Fsp3) is 0.417. The molecule has 0 aliphatic carbocycles. The van der Waals surface area contributed by atoms with Crippen molar-refractivity contribution in [1.29, 1.82) is 0 Å². The molecule has 1 aromatic rings. The molecule has 1 fully saturated rings. The fourth-order valence-electron chi connectivity index (χ4n) is 1.83. The molecule has 1 aromatic heterocycles. The Balaban J connectivity index is 2.18. The molecule has 0 radical (unpaired) electrons. The first kappa shape index (κ1) is 9.08. The van der Waals surface area contributed by atoms with E-state index in [1.165, 1.54) is 24.9 Å². The number of rotatable bonds is 1. The number of terminal acetylenes is 1. The first-order valence-corrected chi connectivity index (χ1v) is 5.07. The molecule has 0 unspecified atom stereocenters. The lowest BCUT2D eigenvalue weighted by Gasteiger charge is -2.28. The van der Waals surface area contributed by atoms with E-state index < -0.39 is 0 Å². The lowest BCUT2D eigenvalue weighted by atomic mass is 10.1. The van der Waals surface area contributed by atoms with Crippen LogP contribution in [0.4, 0.5) is 5.69 Å². The summed E-state index contributed by atoms with van der Waals surface area (Å²) in [6.45, 7) is 2.27. The highest BCUT2D eigenvalue weighted by Crippen LogP contribution is 2.19. The first-order valence-electron chi connectivity index (χ1n) is 5.07. The van der Waals surface area contributed by atoms with Crippen LogP contribution in [0, 0.1) is 12.3 Å². The molecule has 0 aromatic carbocycles. The Bertz CT molecular complexity index is 346. The summed E-state index contributed by atoms with van der Waals surface area (Å²) >= 11 is 0. The lowest BCUT2D eigenvalue weighted by Crippen LogP contribution is -2.29. The van der Waals surface area contributed by atoms with Gasteiger partial charge in [0.2, 0.25) is 0 Å². The van der Waals surface area contributed by atoms with E-state index in [2.05, 4.69) is 15.8 Å². The molecule has 2 heterocycles. The standard InChI is InChI=1S/C12H14N2/c1-2-11-8-12(10-13-9-11)14-6-4-3-5-7-14/h1,8-10H,3-7H2. The zero-order valence-electron chi connectivity index (χ0n) is 8.24. The van der Waals surface area contributed by atoms with Crippen LogP contribution in [0.3, 0.4) is 0 Å². The predicted octanol–water partition coefficient (Wildman–Crippen LogP) is 2.05. The predicted molar refractivity (Wildman–Crippen MR) is 58.2 cm³/mol. The minimum atomic E-state index is 0.869. The Morgan fingerprint density at radius 2 is 2.00 bits per heavy atom. The van der Waals surface area contributed by atoms with Crippen molar-refractivity contribution in [3.8, 4) is 12.3 Å². The van der Waals surface area contributed by atoms with Crippen LogP contribution >= 0.6 is 0 Å². The van der Waals surface area contributed by atoms with Gasteiger partial charge >= 0.3 is 0 Å². The van der Waals surface area contributed by atoms with E-state index in [1.54, 1.807) is 6.20 Å². The highest BCUT2D eigenvalue weighted by atomic mass is 15.1. The molecule has 0 amide bonds. The number of hydrogen-bond acceptors (Lipinski definition) is 2. The maximum Gasteiger partial charge on any atom is 0.0565 e. The van der Waals surface area contributed by atoms with E-state index in [1.807, 2.05) is 12.3 Å². The van der Waals surface area contributed by atoms with Gasteiger partial charge in [0, 0.05) is 24.8 Å². The summed E-state index contributed by atoms with van der Waals surface area (Å²) in [7, 11) is 0. The summed E-state index contributed by atoms with van der Waals surface area (Å²) in [4.78, 5) is 6.50. The smallest absolute Gasteiger partial charge is 0.0565 e. The van der Waals surface area contributed by atoms with E-state index in [9.17, 15) is 0 Å². The Morgan fingerprint density at radius 1 is 1.21 bits per heavy atom. The largest absolute Gasteiger partial charge is 0.370 e. The third kappa shape index (κ3) is 1.88. The van der Waals surface area contributed by atoms with Gasteiger partial charge in [-0.3, -0.25) is 4.98 Å². The minimum Gasteiger partial charge on any atom is -0.370 e. The van der Waals surface area contributed by atoms with Gasteiger partial charge in [-0.2, -0.15) is 0 Å². The topological polar surface area (TPSA) is 16.1 Å². The van der Waals surface area contributed by atoms with E-state index >= 15 is 0 Å². The van der Waals surface area contributed by atoms with E-state index in [0.717, 1.165) is 18.7 Å². The van der Waals surface area contributed by atoms with Crippen LogP contribution in [-0.2, 0) is 0 Å². The summed E-state index contributed by atoms with van der Waals surface area (Å²) in [6, 6.07) is 2.04. The summed E-state index contributed by atoms with van der Waals surface area (Å²) in [5.41, 5.74) is 2.04. The van der Waals surface area contributed by atoms with Crippen molar-refractivity contribution in [3.63, 3.8) is 0 Å². The van der Waals surface area contributed by atoms with Gasteiger partial charge < -0.3 is 4.90 Å². The maximum atomic E-state index is 5.34. The van der Waals surface area contributed by atoms with Gasteiger partial charge in [0.05, 0.1) is 11.9 Å². The molecule has 2 heteroatoms. The van der Waals surface area contributed by atoms with Crippen LogP contribution < -0.4 is 4.90 Å².